The summed E-state index contributed by atoms with van der Waals surface area (Å²) in [5.41, 5.74) is 1.15. The molecule has 1 aliphatic carbocycles. The molecule has 0 radical (unpaired) electrons. The normalized spacial score (nSPS) is 20.4. The number of hydrogen-bond acceptors (Lipinski definition) is 2. The third-order valence-corrected chi connectivity index (χ3v) is 4.92. The largest absolute Gasteiger partial charge is 0.356 e. The van der Waals surface area contributed by atoms with E-state index in [1.54, 1.807) is 0 Å². The van der Waals surface area contributed by atoms with Crippen LogP contribution in [0.2, 0.25) is 0 Å². The van der Waals surface area contributed by atoms with Gasteiger partial charge in [0.25, 0.3) is 0 Å². The van der Waals surface area contributed by atoms with E-state index >= 15 is 0 Å². The summed E-state index contributed by atoms with van der Waals surface area (Å²) in [5, 5.41) is 3.02. The first kappa shape index (κ1) is 18.5. The molecule has 1 aliphatic rings. The number of unbranched alkanes of at least 4 members (excludes halogenated alkanes) is 1. The van der Waals surface area contributed by atoms with E-state index in [1.165, 1.54) is 0 Å². The zero-order valence-electron chi connectivity index (χ0n) is 15.0. The molecule has 1 N–H and O–H groups in total. The van der Waals surface area contributed by atoms with Crippen molar-refractivity contribution in [3.8, 4) is 0 Å². The second-order valence-corrected chi connectivity index (χ2v) is 6.87. The van der Waals surface area contributed by atoms with E-state index in [0.717, 1.165) is 50.6 Å². The van der Waals surface area contributed by atoms with E-state index in [-0.39, 0.29) is 23.7 Å². The lowest BCUT2D eigenvalue weighted by Gasteiger charge is -2.30. The van der Waals surface area contributed by atoms with Gasteiger partial charge in [0.15, 0.2) is 0 Å². The highest BCUT2D eigenvalue weighted by Gasteiger charge is 2.31. The molecular formula is C20H30N2O2. The van der Waals surface area contributed by atoms with Crippen LogP contribution in [-0.2, 0) is 16.1 Å². The van der Waals surface area contributed by atoms with Crippen molar-refractivity contribution < 1.29 is 9.59 Å². The van der Waals surface area contributed by atoms with Crippen molar-refractivity contribution in [2.24, 2.45) is 11.8 Å². The molecule has 0 atom stereocenters. The number of carbonyl (C=O) groups excluding carboxylic acids is 2. The van der Waals surface area contributed by atoms with Crippen LogP contribution in [0.4, 0.5) is 0 Å². The van der Waals surface area contributed by atoms with E-state index in [1.807, 2.05) is 42.3 Å². The Bertz CT molecular complexity index is 522. The summed E-state index contributed by atoms with van der Waals surface area (Å²) in [6.45, 7) is 3.54. The molecule has 24 heavy (non-hydrogen) atoms. The van der Waals surface area contributed by atoms with Crippen molar-refractivity contribution in [3.05, 3.63) is 35.9 Å². The zero-order chi connectivity index (χ0) is 17.4. The minimum Gasteiger partial charge on any atom is -0.356 e. The summed E-state index contributed by atoms with van der Waals surface area (Å²) in [6.07, 6.45) is 5.42. The van der Waals surface area contributed by atoms with Gasteiger partial charge < -0.3 is 10.2 Å². The predicted molar refractivity (Wildman–Crippen MR) is 96.3 cm³/mol. The maximum atomic E-state index is 12.6. The lowest BCUT2D eigenvalue weighted by Crippen LogP contribution is -2.38. The Morgan fingerprint density at radius 3 is 2.33 bits per heavy atom. The molecule has 132 valence electrons. The van der Waals surface area contributed by atoms with Gasteiger partial charge in [0.05, 0.1) is 0 Å². The second-order valence-electron chi connectivity index (χ2n) is 6.87. The number of carbonyl (C=O) groups is 2. The van der Waals surface area contributed by atoms with Gasteiger partial charge in [-0.15, -0.1) is 0 Å². The SMILES string of the molecule is CCCCNC(=O)C1CCC(C(=O)N(C)Cc2ccccc2)CC1. The first-order valence-corrected chi connectivity index (χ1v) is 9.18. The molecule has 0 saturated heterocycles. The summed E-state index contributed by atoms with van der Waals surface area (Å²) < 4.78 is 0. The van der Waals surface area contributed by atoms with Gasteiger partial charge in [-0.1, -0.05) is 43.7 Å². The lowest BCUT2D eigenvalue weighted by molar-refractivity contribution is -0.137. The second kappa shape index (κ2) is 9.45. The first-order chi connectivity index (χ1) is 11.6. The minimum absolute atomic E-state index is 0.0680. The molecule has 1 fully saturated rings. The van der Waals surface area contributed by atoms with Crippen LogP contribution in [0.15, 0.2) is 30.3 Å². The Hall–Kier alpha value is -1.84. The number of nitrogens with one attached hydrogen (secondary N) is 1. The fourth-order valence-corrected chi connectivity index (χ4v) is 3.38. The summed E-state index contributed by atoms with van der Waals surface area (Å²) in [7, 11) is 1.87. The Morgan fingerprint density at radius 1 is 1.08 bits per heavy atom. The maximum absolute atomic E-state index is 12.6. The molecule has 0 aromatic heterocycles. The van der Waals surface area contributed by atoms with Crippen molar-refractivity contribution in [1.82, 2.24) is 10.2 Å². The Kier molecular flexibility index (Phi) is 7.29. The van der Waals surface area contributed by atoms with E-state index in [9.17, 15) is 9.59 Å². The summed E-state index contributed by atoms with van der Waals surface area (Å²) in [4.78, 5) is 26.6. The summed E-state index contributed by atoms with van der Waals surface area (Å²) in [5.74, 6) is 0.541. The van der Waals surface area contributed by atoms with Crippen LogP contribution in [-0.4, -0.2) is 30.3 Å². The van der Waals surface area contributed by atoms with E-state index in [2.05, 4.69) is 12.2 Å². The van der Waals surface area contributed by atoms with Gasteiger partial charge in [-0.3, -0.25) is 9.59 Å². The highest BCUT2D eigenvalue weighted by molar-refractivity contribution is 5.81. The summed E-state index contributed by atoms with van der Waals surface area (Å²) in [6, 6.07) is 10.1. The smallest absolute Gasteiger partial charge is 0.225 e. The predicted octanol–water partition coefficient (Wildman–Crippen LogP) is 3.37. The van der Waals surface area contributed by atoms with Crippen LogP contribution < -0.4 is 5.32 Å². The third kappa shape index (κ3) is 5.36. The standard InChI is InChI=1S/C20H30N2O2/c1-3-4-14-21-19(23)17-10-12-18(13-11-17)20(24)22(2)15-16-8-6-5-7-9-16/h5-9,17-18H,3-4,10-15H2,1-2H3,(H,21,23). The van der Waals surface area contributed by atoms with Crippen molar-refractivity contribution in [2.75, 3.05) is 13.6 Å². The molecule has 4 nitrogen and oxygen atoms in total. The molecule has 0 heterocycles. The topological polar surface area (TPSA) is 49.4 Å². The molecule has 1 aromatic carbocycles. The molecule has 0 unspecified atom stereocenters. The van der Waals surface area contributed by atoms with Crippen molar-refractivity contribution in [3.63, 3.8) is 0 Å². The first-order valence-electron chi connectivity index (χ1n) is 9.18. The Morgan fingerprint density at radius 2 is 1.71 bits per heavy atom. The summed E-state index contributed by atoms with van der Waals surface area (Å²) >= 11 is 0. The Balaban J connectivity index is 1.76. The van der Waals surface area contributed by atoms with Gasteiger partial charge in [-0.25, -0.2) is 0 Å². The lowest BCUT2D eigenvalue weighted by atomic mass is 9.81. The van der Waals surface area contributed by atoms with E-state index in [0.29, 0.717) is 6.54 Å². The third-order valence-electron chi connectivity index (χ3n) is 4.92. The number of amides is 2. The molecule has 1 aromatic rings. The number of nitrogens with zero attached hydrogens (tertiary/aromatic N) is 1. The van der Waals surface area contributed by atoms with Crippen molar-refractivity contribution in [1.29, 1.82) is 0 Å². The molecule has 4 heteroatoms. The monoisotopic (exact) mass is 330 g/mol. The van der Waals surface area contributed by atoms with Crippen LogP contribution in [0.1, 0.15) is 51.0 Å². The molecule has 2 rings (SSSR count). The van der Waals surface area contributed by atoms with Gasteiger partial charge in [0.1, 0.15) is 0 Å². The maximum Gasteiger partial charge on any atom is 0.225 e. The fraction of sp³-hybridized carbons (Fsp3) is 0.600. The number of benzene rings is 1. The zero-order valence-corrected chi connectivity index (χ0v) is 15.0. The number of hydrogen-bond donors (Lipinski definition) is 1. The van der Waals surface area contributed by atoms with Gasteiger partial charge >= 0.3 is 0 Å². The van der Waals surface area contributed by atoms with Crippen LogP contribution in [0, 0.1) is 11.8 Å². The van der Waals surface area contributed by atoms with Crippen LogP contribution >= 0.6 is 0 Å². The molecule has 1 saturated carbocycles. The highest BCUT2D eigenvalue weighted by atomic mass is 16.2. The van der Waals surface area contributed by atoms with Gasteiger partial charge in [0.2, 0.25) is 11.8 Å². The van der Waals surface area contributed by atoms with Gasteiger partial charge in [-0.05, 0) is 37.7 Å². The minimum atomic E-state index is 0.0680. The average molecular weight is 330 g/mol. The Labute approximate surface area is 145 Å². The molecule has 0 spiro atoms. The molecule has 2 amide bonds. The molecule has 0 aliphatic heterocycles. The van der Waals surface area contributed by atoms with Crippen LogP contribution in [0.25, 0.3) is 0 Å². The molecule has 0 bridgehead atoms. The quantitative estimate of drug-likeness (QED) is 0.779. The molecular weight excluding hydrogens is 300 g/mol. The van der Waals surface area contributed by atoms with Crippen molar-refractivity contribution >= 4 is 11.8 Å². The van der Waals surface area contributed by atoms with E-state index in [4.69, 9.17) is 0 Å². The average Bonchev–Trinajstić information content (AvgIpc) is 2.62. The van der Waals surface area contributed by atoms with Crippen LogP contribution in [0.3, 0.4) is 0 Å². The van der Waals surface area contributed by atoms with Crippen molar-refractivity contribution in [2.45, 2.75) is 52.0 Å². The fourth-order valence-electron chi connectivity index (χ4n) is 3.38. The van der Waals surface area contributed by atoms with Gasteiger partial charge in [-0.2, -0.15) is 0 Å². The number of rotatable bonds is 7. The van der Waals surface area contributed by atoms with Crippen LogP contribution in [0.5, 0.6) is 0 Å². The van der Waals surface area contributed by atoms with Gasteiger partial charge in [0, 0.05) is 32.0 Å². The van der Waals surface area contributed by atoms with E-state index < -0.39 is 0 Å². The highest BCUT2D eigenvalue weighted by Crippen LogP contribution is 2.30.